The number of aryl methyl sites for hydroxylation is 1. The summed E-state index contributed by atoms with van der Waals surface area (Å²) in [6, 6.07) is 12.9. The van der Waals surface area contributed by atoms with Gasteiger partial charge >= 0.3 is 0 Å². The minimum absolute atomic E-state index is 0.454. The van der Waals surface area contributed by atoms with E-state index in [1.807, 2.05) is 42.5 Å². The van der Waals surface area contributed by atoms with Crippen LogP contribution in [0.15, 0.2) is 61.6 Å². The third kappa shape index (κ3) is 4.59. The smallest absolute Gasteiger partial charge is 0.130 e. The van der Waals surface area contributed by atoms with E-state index in [9.17, 15) is 0 Å². The van der Waals surface area contributed by atoms with E-state index < -0.39 is 0 Å². The molecule has 7 nitrogen and oxygen atoms in total. The van der Waals surface area contributed by atoms with Crippen molar-refractivity contribution < 1.29 is 0 Å². The molecule has 1 fully saturated rings. The number of pyridine rings is 2. The van der Waals surface area contributed by atoms with E-state index in [0.29, 0.717) is 6.04 Å². The Morgan fingerprint density at radius 2 is 1.88 bits per heavy atom. The molecule has 4 aromatic rings. The monoisotopic (exact) mass is 439 g/mol. The lowest BCUT2D eigenvalue weighted by molar-refractivity contribution is 0.478. The van der Waals surface area contributed by atoms with Crippen molar-refractivity contribution in [2.75, 3.05) is 23.7 Å². The molecule has 0 saturated carbocycles. The third-order valence-electron chi connectivity index (χ3n) is 6.35. The van der Waals surface area contributed by atoms with Gasteiger partial charge in [0.15, 0.2) is 0 Å². The zero-order chi connectivity index (χ0) is 22.8. The highest BCUT2D eigenvalue weighted by Gasteiger charge is 2.13. The first-order chi connectivity index (χ1) is 16.1. The van der Waals surface area contributed by atoms with Crippen LogP contribution in [0, 0.1) is 6.92 Å². The van der Waals surface area contributed by atoms with Gasteiger partial charge in [0.25, 0.3) is 0 Å². The summed E-state index contributed by atoms with van der Waals surface area (Å²) in [4.78, 5) is 9.07. The summed E-state index contributed by atoms with van der Waals surface area (Å²) >= 11 is 0. The van der Waals surface area contributed by atoms with Gasteiger partial charge in [-0.1, -0.05) is 18.7 Å². The highest BCUT2D eigenvalue weighted by Crippen LogP contribution is 2.28. The lowest BCUT2D eigenvalue weighted by atomic mass is 10.0. The van der Waals surface area contributed by atoms with Crippen LogP contribution in [0.25, 0.3) is 27.6 Å². The average molecular weight is 440 g/mol. The van der Waals surface area contributed by atoms with Gasteiger partial charge in [0.1, 0.15) is 11.6 Å². The fourth-order valence-electron chi connectivity index (χ4n) is 4.26. The zero-order valence-corrected chi connectivity index (χ0v) is 19.1. The second-order valence-electron chi connectivity index (χ2n) is 8.60. The number of anilines is 2. The standard InChI is InChI=1S/C26H29N7/c1-17(19-6-11-28-25(13-19)32-23-7-9-27-10-8-23)31-26-14-22-12-20(4-5-21(22)15-29-26)24-16-30-33(3)18(24)2/h4-6,11-16,23,27H,1,7-10H2,2-3H3,(H,28,32)(H,29,31). The molecule has 1 aromatic carbocycles. The van der Waals surface area contributed by atoms with Crippen LogP contribution < -0.4 is 16.0 Å². The van der Waals surface area contributed by atoms with Crippen LogP contribution in [0.1, 0.15) is 24.1 Å². The number of piperidine rings is 1. The van der Waals surface area contributed by atoms with Gasteiger partial charge < -0.3 is 16.0 Å². The molecule has 3 aromatic heterocycles. The Bertz CT molecular complexity index is 1300. The Labute approximate surface area is 194 Å². The fraction of sp³-hybridized carbons (Fsp3) is 0.269. The molecule has 0 unspecified atom stereocenters. The van der Waals surface area contributed by atoms with Crippen molar-refractivity contribution in [3.05, 3.63) is 72.8 Å². The van der Waals surface area contributed by atoms with Crippen LogP contribution in [-0.2, 0) is 7.05 Å². The lowest BCUT2D eigenvalue weighted by Crippen LogP contribution is -2.35. The molecule has 5 rings (SSSR count). The second-order valence-corrected chi connectivity index (χ2v) is 8.60. The van der Waals surface area contributed by atoms with Crippen LogP contribution >= 0.6 is 0 Å². The van der Waals surface area contributed by atoms with Crippen LogP contribution in [0.5, 0.6) is 0 Å². The maximum absolute atomic E-state index is 4.59. The van der Waals surface area contributed by atoms with Crippen LogP contribution in [0.2, 0.25) is 0 Å². The molecule has 0 aliphatic carbocycles. The van der Waals surface area contributed by atoms with Crippen LogP contribution in [-0.4, -0.2) is 38.9 Å². The predicted octanol–water partition coefficient (Wildman–Crippen LogP) is 4.59. The van der Waals surface area contributed by atoms with E-state index in [-0.39, 0.29) is 0 Å². The molecule has 7 heteroatoms. The van der Waals surface area contributed by atoms with Gasteiger partial charge in [0.2, 0.25) is 0 Å². The summed E-state index contributed by atoms with van der Waals surface area (Å²) in [6.07, 6.45) is 7.83. The van der Waals surface area contributed by atoms with Gasteiger partial charge in [-0.3, -0.25) is 4.68 Å². The first-order valence-corrected chi connectivity index (χ1v) is 11.4. The molecular weight excluding hydrogens is 410 g/mol. The summed E-state index contributed by atoms with van der Waals surface area (Å²) in [5, 5.41) is 16.9. The topological polar surface area (TPSA) is 79.7 Å². The summed E-state index contributed by atoms with van der Waals surface area (Å²) in [5.41, 5.74) is 5.20. The quantitative estimate of drug-likeness (QED) is 0.408. The van der Waals surface area contributed by atoms with Gasteiger partial charge in [-0.15, -0.1) is 0 Å². The lowest BCUT2D eigenvalue weighted by Gasteiger charge is -2.24. The number of aromatic nitrogens is 4. The maximum atomic E-state index is 4.59. The van der Waals surface area contributed by atoms with Crippen LogP contribution in [0.4, 0.5) is 11.6 Å². The Kier molecular flexibility index (Phi) is 5.79. The van der Waals surface area contributed by atoms with Crippen molar-refractivity contribution >= 4 is 28.1 Å². The van der Waals surface area contributed by atoms with Crippen molar-refractivity contribution in [3.63, 3.8) is 0 Å². The van der Waals surface area contributed by atoms with E-state index in [1.54, 1.807) is 0 Å². The first kappa shape index (κ1) is 21.2. The Morgan fingerprint density at radius 3 is 2.67 bits per heavy atom. The first-order valence-electron chi connectivity index (χ1n) is 11.4. The molecule has 3 N–H and O–H groups in total. The van der Waals surface area contributed by atoms with Crippen molar-refractivity contribution in [1.29, 1.82) is 0 Å². The highest BCUT2D eigenvalue weighted by molar-refractivity contribution is 5.90. The second kappa shape index (κ2) is 9.03. The normalized spacial score (nSPS) is 14.4. The molecule has 0 bridgehead atoms. The highest BCUT2D eigenvalue weighted by atomic mass is 15.3. The number of fused-ring (bicyclic) bond motifs is 1. The van der Waals surface area contributed by atoms with Gasteiger partial charge in [-0.2, -0.15) is 5.10 Å². The number of hydrogen-bond donors (Lipinski definition) is 3. The molecule has 4 heterocycles. The number of nitrogens with zero attached hydrogens (tertiary/aromatic N) is 4. The van der Waals surface area contributed by atoms with Crippen molar-refractivity contribution in [2.24, 2.45) is 7.05 Å². The molecule has 1 aliphatic heterocycles. The number of rotatable bonds is 6. The van der Waals surface area contributed by atoms with E-state index in [0.717, 1.165) is 76.4 Å². The van der Waals surface area contributed by atoms with Crippen molar-refractivity contribution in [2.45, 2.75) is 25.8 Å². The van der Waals surface area contributed by atoms with E-state index in [2.05, 4.69) is 68.8 Å². The molecule has 0 spiro atoms. The fourth-order valence-corrected chi connectivity index (χ4v) is 4.26. The third-order valence-corrected chi connectivity index (χ3v) is 6.35. The Morgan fingerprint density at radius 1 is 1.03 bits per heavy atom. The molecule has 1 saturated heterocycles. The largest absolute Gasteiger partial charge is 0.367 e. The Balaban J connectivity index is 1.34. The number of nitrogens with one attached hydrogen (secondary N) is 3. The SMILES string of the molecule is C=C(Nc1cc2cc(-c3cnn(C)c3C)ccc2cn1)c1ccnc(NC2CCNCC2)c1. The molecule has 1 aliphatic rings. The van der Waals surface area contributed by atoms with Gasteiger partial charge in [-0.05, 0) is 68.1 Å². The van der Waals surface area contributed by atoms with Gasteiger partial charge in [0, 0.05) is 53.4 Å². The van der Waals surface area contributed by atoms with E-state index in [1.165, 1.54) is 0 Å². The molecule has 0 atom stereocenters. The maximum Gasteiger partial charge on any atom is 0.130 e. The molecule has 0 amide bonds. The molecule has 33 heavy (non-hydrogen) atoms. The zero-order valence-electron chi connectivity index (χ0n) is 19.1. The number of hydrogen-bond acceptors (Lipinski definition) is 6. The predicted molar refractivity (Wildman–Crippen MR) is 135 cm³/mol. The minimum Gasteiger partial charge on any atom is -0.367 e. The molecular formula is C26H29N7. The van der Waals surface area contributed by atoms with Crippen molar-refractivity contribution in [1.82, 2.24) is 25.1 Å². The van der Waals surface area contributed by atoms with Gasteiger partial charge in [0.05, 0.1) is 6.20 Å². The summed E-state index contributed by atoms with van der Waals surface area (Å²) in [5.74, 6) is 1.64. The minimum atomic E-state index is 0.454. The molecule has 0 radical (unpaired) electrons. The number of benzene rings is 1. The average Bonchev–Trinajstić information content (AvgIpc) is 3.17. The van der Waals surface area contributed by atoms with Crippen molar-refractivity contribution in [3.8, 4) is 11.1 Å². The molecule has 168 valence electrons. The summed E-state index contributed by atoms with van der Waals surface area (Å²) < 4.78 is 1.89. The Hall–Kier alpha value is -3.71. The van der Waals surface area contributed by atoms with E-state index >= 15 is 0 Å². The summed E-state index contributed by atoms with van der Waals surface area (Å²) in [6.45, 7) is 8.41. The van der Waals surface area contributed by atoms with E-state index in [4.69, 9.17) is 0 Å². The van der Waals surface area contributed by atoms with Crippen LogP contribution in [0.3, 0.4) is 0 Å². The summed E-state index contributed by atoms with van der Waals surface area (Å²) in [7, 11) is 1.96. The van der Waals surface area contributed by atoms with Gasteiger partial charge in [-0.25, -0.2) is 9.97 Å².